The number of ether oxygens (including phenoxy) is 1. The molecule has 2 aromatic rings. The normalized spacial score (nSPS) is 13.8. The number of hydrogen-bond donors (Lipinski definition) is 3. The Labute approximate surface area is 165 Å². The largest absolute Gasteiger partial charge is 0.497 e. The second kappa shape index (κ2) is 9.78. The molecule has 1 aliphatic carbocycles. The molecular weight excluding hydrogens is 354 g/mol. The van der Waals surface area contributed by atoms with Gasteiger partial charge in [0.1, 0.15) is 5.75 Å². The predicted molar refractivity (Wildman–Crippen MR) is 109 cm³/mol. The van der Waals surface area contributed by atoms with E-state index in [1.165, 1.54) is 0 Å². The van der Waals surface area contributed by atoms with Crippen LogP contribution in [-0.4, -0.2) is 19.0 Å². The van der Waals surface area contributed by atoms with Gasteiger partial charge < -0.3 is 20.7 Å². The Bertz CT molecular complexity index is 782. The van der Waals surface area contributed by atoms with E-state index in [0.717, 1.165) is 42.6 Å². The number of nitrogens with one attached hydrogen (secondary N) is 3. The SMILES string of the molecule is COc1ccc(CNC(=O)Nc2ccc(CNC(=O)C3CCCC3)cc2)cc1. The van der Waals surface area contributed by atoms with Crippen LogP contribution in [0.2, 0.25) is 0 Å². The lowest BCUT2D eigenvalue weighted by Crippen LogP contribution is -2.29. The van der Waals surface area contributed by atoms with Crippen molar-refractivity contribution in [1.82, 2.24) is 10.6 Å². The number of rotatable bonds is 7. The summed E-state index contributed by atoms with van der Waals surface area (Å²) in [6.45, 7) is 0.945. The third-order valence-electron chi connectivity index (χ3n) is 5.02. The number of benzene rings is 2. The fourth-order valence-corrected chi connectivity index (χ4v) is 3.33. The number of urea groups is 1. The van der Waals surface area contributed by atoms with Crippen molar-refractivity contribution in [2.45, 2.75) is 38.8 Å². The Kier molecular flexibility index (Phi) is 6.89. The maximum absolute atomic E-state index is 12.1. The molecule has 0 bridgehead atoms. The highest BCUT2D eigenvalue weighted by molar-refractivity contribution is 5.89. The molecule has 0 unspecified atom stereocenters. The van der Waals surface area contributed by atoms with Gasteiger partial charge in [-0.3, -0.25) is 4.79 Å². The standard InChI is InChI=1S/C22H27N3O3/c1-28-20-12-8-17(9-13-20)15-24-22(27)25-19-10-6-16(7-11-19)14-23-21(26)18-4-2-3-5-18/h6-13,18H,2-5,14-15H2,1H3,(H,23,26)(H2,24,25,27). The molecule has 0 aliphatic heterocycles. The summed E-state index contributed by atoms with van der Waals surface area (Å²) in [5.41, 5.74) is 2.71. The van der Waals surface area contributed by atoms with Crippen molar-refractivity contribution in [2.24, 2.45) is 5.92 Å². The summed E-state index contributed by atoms with van der Waals surface area (Å²) in [6.07, 6.45) is 4.30. The van der Waals surface area contributed by atoms with E-state index in [0.29, 0.717) is 18.8 Å². The number of carbonyl (C=O) groups is 2. The van der Waals surface area contributed by atoms with Crippen LogP contribution in [0, 0.1) is 5.92 Å². The van der Waals surface area contributed by atoms with Crippen LogP contribution in [0.15, 0.2) is 48.5 Å². The van der Waals surface area contributed by atoms with Crippen molar-refractivity contribution < 1.29 is 14.3 Å². The minimum Gasteiger partial charge on any atom is -0.497 e. The van der Waals surface area contributed by atoms with Gasteiger partial charge in [0.05, 0.1) is 7.11 Å². The Balaban J connectivity index is 1.41. The van der Waals surface area contributed by atoms with Crippen LogP contribution >= 0.6 is 0 Å². The summed E-state index contributed by atoms with van der Waals surface area (Å²) in [6, 6.07) is 14.8. The summed E-state index contributed by atoms with van der Waals surface area (Å²) in [5.74, 6) is 1.11. The molecule has 1 fully saturated rings. The number of carbonyl (C=O) groups excluding carboxylic acids is 2. The maximum Gasteiger partial charge on any atom is 0.319 e. The number of methoxy groups -OCH3 is 1. The first-order chi connectivity index (χ1) is 13.6. The fraction of sp³-hybridized carbons (Fsp3) is 0.364. The van der Waals surface area contributed by atoms with E-state index in [1.54, 1.807) is 7.11 Å². The van der Waals surface area contributed by atoms with Gasteiger partial charge in [0.15, 0.2) is 0 Å². The van der Waals surface area contributed by atoms with Crippen molar-refractivity contribution >= 4 is 17.6 Å². The van der Waals surface area contributed by atoms with E-state index >= 15 is 0 Å². The summed E-state index contributed by atoms with van der Waals surface area (Å²) in [7, 11) is 1.62. The lowest BCUT2D eigenvalue weighted by Gasteiger charge is -2.11. The van der Waals surface area contributed by atoms with E-state index in [9.17, 15) is 9.59 Å². The molecule has 0 heterocycles. The molecule has 1 aliphatic rings. The minimum absolute atomic E-state index is 0.151. The predicted octanol–water partition coefficient (Wildman–Crippen LogP) is 3.82. The summed E-state index contributed by atoms with van der Waals surface area (Å²) >= 11 is 0. The van der Waals surface area contributed by atoms with Crippen LogP contribution in [-0.2, 0) is 17.9 Å². The van der Waals surface area contributed by atoms with Crippen LogP contribution in [0.4, 0.5) is 10.5 Å². The molecule has 0 atom stereocenters. The van der Waals surface area contributed by atoms with E-state index in [-0.39, 0.29) is 17.9 Å². The topological polar surface area (TPSA) is 79.5 Å². The molecule has 3 rings (SSSR count). The third-order valence-corrected chi connectivity index (χ3v) is 5.02. The van der Waals surface area contributed by atoms with E-state index in [4.69, 9.17) is 4.74 Å². The van der Waals surface area contributed by atoms with Crippen LogP contribution in [0.25, 0.3) is 0 Å². The molecule has 148 valence electrons. The van der Waals surface area contributed by atoms with Crippen molar-refractivity contribution in [3.8, 4) is 5.75 Å². The highest BCUT2D eigenvalue weighted by atomic mass is 16.5. The average molecular weight is 381 g/mol. The lowest BCUT2D eigenvalue weighted by atomic mass is 10.1. The molecule has 28 heavy (non-hydrogen) atoms. The second-order valence-corrected chi connectivity index (χ2v) is 7.05. The lowest BCUT2D eigenvalue weighted by molar-refractivity contribution is -0.124. The highest BCUT2D eigenvalue weighted by Gasteiger charge is 2.22. The first kappa shape index (κ1) is 19.7. The van der Waals surface area contributed by atoms with Crippen molar-refractivity contribution in [1.29, 1.82) is 0 Å². The van der Waals surface area contributed by atoms with Gasteiger partial charge in [-0.2, -0.15) is 0 Å². The molecular formula is C22H27N3O3. The first-order valence-electron chi connectivity index (χ1n) is 9.68. The molecule has 2 aromatic carbocycles. The second-order valence-electron chi connectivity index (χ2n) is 7.05. The molecule has 0 saturated heterocycles. The Morgan fingerprint density at radius 2 is 1.46 bits per heavy atom. The molecule has 6 heteroatoms. The zero-order chi connectivity index (χ0) is 19.8. The van der Waals surface area contributed by atoms with Gasteiger partial charge in [0.25, 0.3) is 0 Å². The highest BCUT2D eigenvalue weighted by Crippen LogP contribution is 2.24. The number of amides is 3. The Morgan fingerprint density at radius 3 is 2.07 bits per heavy atom. The summed E-state index contributed by atoms with van der Waals surface area (Å²) in [5, 5.41) is 8.63. The molecule has 0 spiro atoms. The third kappa shape index (κ3) is 5.74. The van der Waals surface area contributed by atoms with Gasteiger partial charge in [-0.25, -0.2) is 4.79 Å². The summed E-state index contributed by atoms with van der Waals surface area (Å²) in [4.78, 5) is 24.1. The van der Waals surface area contributed by atoms with Gasteiger partial charge in [-0.1, -0.05) is 37.1 Å². The van der Waals surface area contributed by atoms with E-state index in [1.807, 2.05) is 48.5 Å². The molecule has 0 radical (unpaired) electrons. The number of hydrogen-bond acceptors (Lipinski definition) is 3. The van der Waals surface area contributed by atoms with Crippen LogP contribution in [0.1, 0.15) is 36.8 Å². The zero-order valence-corrected chi connectivity index (χ0v) is 16.2. The van der Waals surface area contributed by atoms with Crippen molar-refractivity contribution in [3.63, 3.8) is 0 Å². The van der Waals surface area contributed by atoms with Crippen LogP contribution in [0.5, 0.6) is 5.75 Å². The molecule has 6 nitrogen and oxygen atoms in total. The van der Waals surface area contributed by atoms with Gasteiger partial charge in [-0.05, 0) is 48.2 Å². The van der Waals surface area contributed by atoms with Gasteiger partial charge in [0.2, 0.25) is 5.91 Å². The fourth-order valence-electron chi connectivity index (χ4n) is 3.33. The van der Waals surface area contributed by atoms with Crippen molar-refractivity contribution in [3.05, 3.63) is 59.7 Å². The minimum atomic E-state index is -0.266. The molecule has 1 saturated carbocycles. The number of anilines is 1. The zero-order valence-electron chi connectivity index (χ0n) is 16.2. The molecule has 0 aromatic heterocycles. The van der Waals surface area contributed by atoms with E-state index < -0.39 is 0 Å². The monoisotopic (exact) mass is 381 g/mol. The first-order valence-corrected chi connectivity index (χ1v) is 9.68. The van der Waals surface area contributed by atoms with Gasteiger partial charge >= 0.3 is 6.03 Å². The van der Waals surface area contributed by atoms with Crippen LogP contribution in [0.3, 0.4) is 0 Å². The Hall–Kier alpha value is -3.02. The quantitative estimate of drug-likeness (QED) is 0.682. The maximum atomic E-state index is 12.1. The van der Waals surface area contributed by atoms with Crippen molar-refractivity contribution in [2.75, 3.05) is 12.4 Å². The van der Waals surface area contributed by atoms with Gasteiger partial charge in [-0.15, -0.1) is 0 Å². The van der Waals surface area contributed by atoms with Crippen LogP contribution < -0.4 is 20.7 Å². The molecule has 3 N–H and O–H groups in total. The van der Waals surface area contributed by atoms with Gasteiger partial charge in [0, 0.05) is 24.7 Å². The smallest absolute Gasteiger partial charge is 0.319 e. The Morgan fingerprint density at radius 1 is 0.893 bits per heavy atom. The van der Waals surface area contributed by atoms with E-state index in [2.05, 4.69) is 16.0 Å². The molecule has 3 amide bonds. The summed E-state index contributed by atoms with van der Waals surface area (Å²) < 4.78 is 5.12. The average Bonchev–Trinajstić information content (AvgIpc) is 3.27.